The zero-order valence-corrected chi connectivity index (χ0v) is 15.0. The summed E-state index contributed by atoms with van der Waals surface area (Å²) < 4.78 is 10.8. The highest BCUT2D eigenvalue weighted by Gasteiger charge is 2.32. The number of halogens is 1. The van der Waals surface area contributed by atoms with Crippen LogP contribution in [0.3, 0.4) is 0 Å². The molecule has 1 heterocycles. The van der Waals surface area contributed by atoms with Crippen LogP contribution in [0.1, 0.15) is 16.8 Å². The highest BCUT2D eigenvalue weighted by Crippen LogP contribution is 2.28. The number of phenols is 1. The molecule has 0 unspecified atom stereocenters. The summed E-state index contributed by atoms with van der Waals surface area (Å²) >= 11 is 5.85. The van der Waals surface area contributed by atoms with Crippen LogP contribution in [-0.4, -0.2) is 53.4 Å². The molecule has 2 atom stereocenters. The van der Waals surface area contributed by atoms with Crippen LogP contribution in [0.4, 0.5) is 0 Å². The second-order valence-corrected chi connectivity index (χ2v) is 6.54. The van der Waals surface area contributed by atoms with Gasteiger partial charge in [0.15, 0.2) is 11.5 Å². The number of β-amino-alcohol motifs (C(OH)–C–C–N with tert-alkyl or cyclic N) is 1. The van der Waals surface area contributed by atoms with E-state index in [-0.39, 0.29) is 18.2 Å². The van der Waals surface area contributed by atoms with Gasteiger partial charge in [-0.3, -0.25) is 4.79 Å². The van der Waals surface area contributed by atoms with Crippen molar-refractivity contribution in [3.05, 3.63) is 53.1 Å². The number of methoxy groups -OCH3 is 1. The summed E-state index contributed by atoms with van der Waals surface area (Å²) in [5.74, 6) is 0.571. The summed E-state index contributed by atoms with van der Waals surface area (Å²) in [7, 11) is 1.44. The maximum Gasteiger partial charge on any atom is 0.254 e. The number of hydrogen-bond donors (Lipinski definition) is 2. The number of ether oxygens (including phenoxy) is 2. The summed E-state index contributed by atoms with van der Waals surface area (Å²) in [6, 6.07) is 11.4. The Bertz CT molecular complexity index is 780. The van der Waals surface area contributed by atoms with E-state index in [1.165, 1.54) is 19.2 Å². The highest BCUT2D eigenvalue weighted by molar-refractivity contribution is 6.30. The molecule has 2 N–H and O–H groups in total. The van der Waals surface area contributed by atoms with Crippen molar-refractivity contribution in [2.24, 2.45) is 0 Å². The van der Waals surface area contributed by atoms with E-state index in [1.807, 2.05) is 0 Å². The molecule has 0 bridgehead atoms. The van der Waals surface area contributed by atoms with Crippen LogP contribution < -0.4 is 9.47 Å². The number of nitrogens with zero attached hydrogens (tertiary/aromatic N) is 1. The molecule has 26 heavy (non-hydrogen) atoms. The van der Waals surface area contributed by atoms with Crippen molar-refractivity contribution in [3.8, 4) is 17.2 Å². The number of piperidine rings is 1. The standard InChI is InChI=1S/C19H20ClNO5/c1-25-17-7-2-12(10-15(17)22)19(24)21-9-8-18(16(23)11-21)26-14-5-3-13(20)4-6-14/h2-7,10,16,18,22-23H,8-9,11H2,1H3/t16-,18-/m1/s1. The van der Waals surface area contributed by atoms with Gasteiger partial charge in [-0.2, -0.15) is 0 Å². The van der Waals surface area contributed by atoms with Crippen molar-refractivity contribution in [1.82, 2.24) is 4.90 Å². The minimum atomic E-state index is -0.810. The Balaban J connectivity index is 1.63. The fourth-order valence-electron chi connectivity index (χ4n) is 2.93. The molecule has 6 nitrogen and oxygen atoms in total. The molecule has 0 aliphatic carbocycles. The van der Waals surface area contributed by atoms with E-state index in [4.69, 9.17) is 21.1 Å². The average molecular weight is 378 g/mol. The van der Waals surface area contributed by atoms with Crippen molar-refractivity contribution >= 4 is 17.5 Å². The number of likely N-dealkylation sites (tertiary alicyclic amines) is 1. The first-order valence-electron chi connectivity index (χ1n) is 8.24. The molecule has 1 fully saturated rings. The second kappa shape index (κ2) is 7.85. The minimum absolute atomic E-state index is 0.0974. The van der Waals surface area contributed by atoms with Crippen molar-refractivity contribution in [1.29, 1.82) is 0 Å². The summed E-state index contributed by atoms with van der Waals surface area (Å²) in [6.07, 6.45) is -0.711. The first-order valence-corrected chi connectivity index (χ1v) is 8.62. The van der Waals surface area contributed by atoms with Crippen molar-refractivity contribution in [2.75, 3.05) is 20.2 Å². The zero-order valence-electron chi connectivity index (χ0n) is 14.3. The molecule has 7 heteroatoms. The third kappa shape index (κ3) is 4.03. The fourth-order valence-corrected chi connectivity index (χ4v) is 3.05. The van der Waals surface area contributed by atoms with Gasteiger partial charge in [0.2, 0.25) is 0 Å². The van der Waals surface area contributed by atoms with Crippen molar-refractivity contribution < 1.29 is 24.5 Å². The number of carbonyl (C=O) groups is 1. The number of aliphatic hydroxyl groups excluding tert-OH is 1. The number of benzene rings is 2. The topological polar surface area (TPSA) is 79.2 Å². The first kappa shape index (κ1) is 18.4. The molecule has 0 spiro atoms. The van der Waals surface area contributed by atoms with E-state index in [0.717, 1.165) is 0 Å². The average Bonchev–Trinajstić information content (AvgIpc) is 2.64. The van der Waals surface area contributed by atoms with Crippen LogP contribution in [0.25, 0.3) is 0 Å². The number of aromatic hydroxyl groups is 1. The molecule has 0 saturated carbocycles. The minimum Gasteiger partial charge on any atom is -0.504 e. The quantitative estimate of drug-likeness (QED) is 0.856. The lowest BCUT2D eigenvalue weighted by Crippen LogP contribution is -2.51. The Morgan fingerprint density at radius 3 is 2.58 bits per heavy atom. The normalized spacial score (nSPS) is 19.9. The van der Waals surface area contributed by atoms with Gasteiger partial charge in [0.1, 0.15) is 18.0 Å². The number of rotatable bonds is 4. The lowest BCUT2D eigenvalue weighted by Gasteiger charge is -2.36. The van der Waals surface area contributed by atoms with Gasteiger partial charge in [0.05, 0.1) is 13.7 Å². The molecule has 2 aromatic rings. The number of amides is 1. The van der Waals surface area contributed by atoms with Gasteiger partial charge >= 0.3 is 0 Å². The van der Waals surface area contributed by atoms with Gasteiger partial charge in [0, 0.05) is 23.6 Å². The Hall–Kier alpha value is -2.44. The largest absolute Gasteiger partial charge is 0.504 e. The molecular weight excluding hydrogens is 358 g/mol. The predicted molar refractivity (Wildman–Crippen MR) is 97.1 cm³/mol. The van der Waals surface area contributed by atoms with E-state index in [0.29, 0.717) is 35.1 Å². The maximum atomic E-state index is 12.6. The molecular formula is C19H20ClNO5. The molecule has 138 valence electrons. The summed E-state index contributed by atoms with van der Waals surface area (Å²) in [5.41, 5.74) is 0.340. The van der Waals surface area contributed by atoms with Crippen LogP contribution >= 0.6 is 11.6 Å². The van der Waals surface area contributed by atoms with Gasteiger partial charge in [-0.05, 0) is 42.5 Å². The van der Waals surface area contributed by atoms with Crippen molar-refractivity contribution in [3.63, 3.8) is 0 Å². The van der Waals surface area contributed by atoms with Gasteiger partial charge < -0.3 is 24.6 Å². The van der Waals surface area contributed by atoms with Gasteiger partial charge in [-0.15, -0.1) is 0 Å². The lowest BCUT2D eigenvalue weighted by molar-refractivity contribution is -0.0199. The molecule has 1 amide bonds. The lowest BCUT2D eigenvalue weighted by atomic mass is 10.0. The number of carbonyl (C=O) groups excluding carboxylic acids is 1. The maximum absolute atomic E-state index is 12.6. The first-order chi connectivity index (χ1) is 12.5. The van der Waals surface area contributed by atoms with Crippen LogP contribution in [-0.2, 0) is 0 Å². The van der Waals surface area contributed by atoms with E-state index < -0.39 is 12.2 Å². The molecule has 0 radical (unpaired) electrons. The zero-order chi connectivity index (χ0) is 18.7. The van der Waals surface area contributed by atoms with E-state index in [2.05, 4.69) is 0 Å². The molecule has 0 aromatic heterocycles. The third-order valence-corrected chi connectivity index (χ3v) is 4.59. The van der Waals surface area contributed by atoms with Crippen LogP contribution in [0.15, 0.2) is 42.5 Å². The van der Waals surface area contributed by atoms with Gasteiger partial charge in [0.25, 0.3) is 5.91 Å². The van der Waals surface area contributed by atoms with Crippen LogP contribution in [0, 0.1) is 0 Å². The van der Waals surface area contributed by atoms with Gasteiger partial charge in [-0.1, -0.05) is 11.6 Å². The van der Waals surface area contributed by atoms with Gasteiger partial charge in [-0.25, -0.2) is 0 Å². The molecule has 1 saturated heterocycles. The smallest absolute Gasteiger partial charge is 0.254 e. The fraction of sp³-hybridized carbons (Fsp3) is 0.316. The third-order valence-electron chi connectivity index (χ3n) is 4.33. The summed E-state index contributed by atoms with van der Waals surface area (Å²) in [6.45, 7) is 0.602. The monoisotopic (exact) mass is 377 g/mol. The molecule has 2 aromatic carbocycles. The second-order valence-electron chi connectivity index (χ2n) is 6.10. The number of aliphatic hydroxyl groups is 1. The number of phenolic OH excluding ortho intramolecular Hbond substituents is 1. The Kier molecular flexibility index (Phi) is 5.54. The number of hydrogen-bond acceptors (Lipinski definition) is 5. The van der Waals surface area contributed by atoms with Crippen LogP contribution in [0.5, 0.6) is 17.2 Å². The summed E-state index contributed by atoms with van der Waals surface area (Å²) in [4.78, 5) is 14.2. The molecule has 3 rings (SSSR count). The Morgan fingerprint density at radius 1 is 1.23 bits per heavy atom. The molecule has 1 aliphatic heterocycles. The van der Waals surface area contributed by atoms with Crippen molar-refractivity contribution in [2.45, 2.75) is 18.6 Å². The highest BCUT2D eigenvalue weighted by atomic mass is 35.5. The predicted octanol–water partition coefficient (Wildman–Crippen LogP) is 2.71. The Morgan fingerprint density at radius 2 is 1.96 bits per heavy atom. The summed E-state index contributed by atoms with van der Waals surface area (Å²) in [5, 5.41) is 20.8. The Labute approximate surface area is 156 Å². The molecule has 1 aliphatic rings. The van der Waals surface area contributed by atoms with Crippen LogP contribution in [0.2, 0.25) is 5.02 Å². The van der Waals surface area contributed by atoms with E-state index in [9.17, 15) is 15.0 Å². The van der Waals surface area contributed by atoms with E-state index >= 15 is 0 Å². The SMILES string of the molecule is COc1ccc(C(=O)N2CC[C@@H](Oc3ccc(Cl)cc3)[C@H](O)C2)cc1O. The van der Waals surface area contributed by atoms with E-state index in [1.54, 1.807) is 35.2 Å².